The molecule has 1 unspecified atom stereocenters. The molecule has 19 heavy (non-hydrogen) atoms. The van der Waals surface area contributed by atoms with Gasteiger partial charge in [-0.15, -0.1) is 0 Å². The summed E-state index contributed by atoms with van der Waals surface area (Å²) >= 11 is 3.26. The van der Waals surface area contributed by atoms with Crippen LogP contribution in [0.25, 0.3) is 0 Å². The van der Waals surface area contributed by atoms with Crippen molar-refractivity contribution in [2.45, 2.75) is 26.5 Å². The van der Waals surface area contributed by atoms with Crippen LogP contribution in [0.15, 0.2) is 41.1 Å². The van der Waals surface area contributed by atoms with Crippen LogP contribution in [-0.2, 0) is 6.54 Å². The lowest BCUT2D eigenvalue weighted by Crippen LogP contribution is -2.04. The third kappa shape index (κ3) is 3.25. The second-order valence-corrected chi connectivity index (χ2v) is 5.81. The van der Waals surface area contributed by atoms with Gasteiger partial charge in [-0.1, -0.05) is 26.0 Å². The van der Waals surface area contributed by atoms with Gasteiger partial charge in [0.15, 0.2) is 0 Å². The third-order valence-electron chi connectivity index (χ3n) is 3.13. The zero-order valence-corrected chi connectivity index (χ0v) is 12.6. The molecule has 0 aliphatic heterocycles. The van der Waals surface area contributed by atoms with E-state index in [-0.39, 0.29) is 11.7 Å². The highest BCUT2D eigenvalue weighted by Gasteiger charge is 2.13. The van der Waals surface area contributed by atoms with E-state index in [0.29, 0.717) is 11.0 Å². The van der Waals surface area contributed by atoms with E-state index < -0.39 is 6.10 Å². The van der Waals surface area contributed by atoms with Crippen LogP contribution < -0.4 is 0 Å². The lowest BCUT2D eigenvalue weighted by Gasteiger charge is -2.12. The smallest absolute Gasteiger partial charge is 0.137 e. The molecule has 102 valence electrons. The summed E-state index contributed by atoms with van der Waals surface area (Å²) in [5.41, 5.74) is 1.77. The molecule has 2 nitrogen and oxygen atoms in total. The van der Waals surface area contributed by atoms with Crippen LogP contribution in [0, 0.1) is 11.7 Å². The van der Waals surface area contributed by atoms with E-state index in [1.165, 1.54) is 6.07 Å². The molecule has 4 heteroatoms. The zero-order valence-electron chi connectivity index (χ0n) is 11.0. The molecule has 2 rings (SSSR count). The minimum Gasteiger partial charge on any atom is -0.388 e. The van der Waals surface area contributed by atoms with E-state index in [4.69, 9.17) is 0 Å². The monoisotopic (exact) mass is 325 g/mol. The van der Waals surface area contributed by atoms with Gasteiger partial charge in [0.25, 0.3) is 0 Å². The van der Waals surface area contributed by atoms with Crippen molar-refractivity contribution in [2.24, 2.45) is 5.92 Å². The van der Waals surface area contributed by atoms with Gasteiger partial charge < -0.3 is 9.67 Å². The van der Waals surface area contributed by atoms with Gasteiger partial charge >= 0.3 is 0 Å². The first-order valence-corrected chi connectivity index (χ1v) is 7.05. The largest absolute Gasteiger partial charge is 0.388 e. The molecule has 0 bridgehead atoms. The maximum Gasteiger partial charge on any atom is 0.137 e. The van der Waals surface area contributed by atoms with E-state index in [1.807, 2.05) is 42.9 Å². The third-order valence-corrected chi connectivity index (χ3v) is 4.02. The van der Waals surface area contributed by atoms with Crippen molar-refractivity contribution in [3.05, 3.63) is 58.1 Å². The molecule has 0 spiro atoms. The number of halogens is 2. The molecule has 1 aromatic heterocycles. The molecule has 0 amide bonds. The van der Waals surface area contributed by atoms with Gasteiger partial charge in [0, 0.05) is 18.9 Å². The highest BCUT2D eigenvalue weighted by molar-refractivity contribution is 9.10. The summed E-state index contributed by atoms with van der Waals surface area (Å²) in [6.07, 6.45) is 3.34. The Morgan fingerprint density at radius 3 is 2.74 bits per heavy atom. The van der Waals surface area contributed by atoms with Crippen molar-refractivity contribution < 1.29 is 9.50 Å². The number of benzene rings is 1. The van der Waals surface area contributed by atoms with Crippen molar-refractivity contribution >= 4 is 15.9 Å². The molecule has 0 aliphatic rings. The van der Waals surface area contributed by atoms with Crippen LogP contribution in [0.4, 0.5) is 4.39 Å². The SMILES string of the molecule is CC(C)C(O)c1ccn(Cc2cccc(F)c2Br)c1. The van der Waals surface area contributed by atoms with Gasteiger partial charge in [-0.25, -0.2) is 4.39 Å². The summed E-state index contributed by atoms with van der Waals surface area (Å²) in [5.74, 6) is -0.0798. The van der Waals surface area contributed by atoms with Crippen LogP contribution >= 0.6 is 15.9 Å². The molecular weight excluding hydrogens is 309 g/mol. The lowest BCUT2D eigenvalue weighted by molar-refractivity contribution is 0.127. The highest BCUT2D eigenvalue weighted by atomic mass is 79.9. The first kappa shape index (κ1) is 14.3. The first-order valence-electron chi connectivity index (χ1n) is 6.25. The van der Waals surface area contributed by atoms with Crippen LogP contribution in [0.3, 0.4) is 0 Å². The summed E-state index contributed by atoms with van der Waals surface area (Å²) in [6, 6.07) is 6.91. The standard InChI is InChI=1S/C15H17BrFNO/c1-10(2)15(19)12-6-7-18(9-12)8-11-4-3-5-13(17)14(11)16/h3-7,9-10,15,19H,8H2,1-2H3. The number of aromatic nitrogens is 1. The molecule has 0 saturated carbocycles. The molecular formula is C15H17BrFNO. The average Bonchev–Trinajstić information content (AvgIpc) is 2.82. The van der Waals surface area contributed by atoms with E-state index in [0.717, 1.165) is 11.1 Å². The summed E-state index contributed by atoms with van der Waals surface area (Å²) in [4.78, 5) is 0. The quantitative estimate of drug-likeness (QED) is 0.898. The van der Waals surface area contributed by atoms with Gasteiger partial charge in [-0.2, -0.15) is 0 Å². The molecule has 1 atom stereocenters. The normalized spacial score (nSPS) is 12.9. The Hall–Kier alpha value is -1.13. The van der Waals surface area contributed by atoms with Gasteiger partial charge in [0.2, 0.25) is 0 Å². The molecule has 0 saturated heterocycles. The van der Waals surface area contributed by atoms with Gasteiger partial charge in [0.1, 0.15) is 5.82 Å². The lowest BCUT2D eigenvalue weighted by atomic mass is 10.0. The van der Waals surface area contributed by atoms with Gasteiger partial charge in [-0.05, 0) is 45.1 Å². The average molecular weight is 326 g/mol. The number of hydrogen-bond acceptors (Lipinski definition) is 1. The second kappa shape index (κ2) is 5.88. The van der Waals surface area contributed by atoms with Crippen LogP contribution in [0.1, 0.15) is 31.1 Å². The minimum atomic E-state index is -0.461. The Labute approximate surface area is 121 Å². The summed E-state index contributed by atoms with van der Waals surface area (Å²) in [6.45, 7) is 4.53. The Balaban J connectivity index is 2.18. The maximum absolute atomic E-state index is 13.4. The number of rotatable bonds is 4. The molecule has 1 N–H and O–H groups in total. The predicted octanol–water partition coefficient (Wildman–Crippen LogP) is 4.13. The van der Waals surface area contributed by atoms with Crippen molar-refractivity contribution in [3.8, 4) is 0 Å². The van der Waals surface area contributed by atoms with Gasteiger partial charge in [0.05, 0.1) is 10.6 Å². The molecule has 0 fully saturated rings. The van der Waals surface area contributed by atoms with Crippen LogP contribution in [0.2, 0.25) is 0 Å². The maximum atomic E-state index is 13.4. The fourth-order valence-electron chi connectivity index (χ4n) is 1.98. The van der Waals surface area contributed by atoms with Crippen LogP contribution in [-0.4, -0.2) is 9.67 Å². The molecule has 1 heterocycles. The predicted molar refractivity (Wildman–Crippen MR) is 77.4 cm³/mol. The number of nitrogens with zero attached hydrogens (tertiary/aromatic N) is 1. The van der Waals surface area contributed by atoms with E-state index in [2.05, 4.69) is 15.9 Å². The van der Waals surface area contributed by atoms with Crippen molar-refractivity contribution in [3.63, 3.8) is 0 Å². The number of aliphatic hydroxyl groups excluding tert-OH is 1. The van der Waals surface area contributed by atoms with E-state index in [9.17, 15) is 9.50 Å². The molecule has 0 radical (unpaired) electrons. The fourth-order valence-corrected chi connectivity index (χ4v) is 2.37. The zero-order chi connectivity index (χ0) is 14.0. The number of aliphatic hydroxyl groups is 1. The number of hydrogen-bond donors (Lipinski definition) is 1. The van der Waals surface area contributed by atoms with Gasteiger partial charge in [-0.3, -0.25) is 0 Å². The topological polar surface area (TPSA) is 25.2 Å². The summed E-state index contributed by atoms with van der Waals surface area (Å²) < 4.78 is 15.9. The Morgan fingerprint density at radius 2 is 2.05 bits per heavy atom. The highest BCUT2D eigenvalue weighted by Crippen LogP contribution is 2.24. The second-order valence-electron chi connectivity index (χ2n) is 5.02. The molecule has 1 aromatic carbocycles. The fraction of sp³-hybridized carbons (Fsp3) is 0.333. The van der Waals surface area contributed by atoms with Crippen molar-refractivity contribution in [1.82, 2.24) is 4.57 Å². The molecule has 0 aliphatic carbocycles. The van der Waals surface area contributed by atoms with Crippen molar-refractivity contribution in [1.29, 1.82) is 0 Å². The molecule has 2 aromatic rings. The summed E-state index contributed by atoms with van der Waals surface area (Å²) in [5, 5.41) is 9.99. The Bertz CT molecular complexity index is 565. The Morgan fingerprint density at radius 1 is 1.32 bits per heavy atom. The summed E-state index contributed by atoms with van der Waals surface area (Å²) in [7, 11) is 0. The van der Waals surface area contributed by atoms with Crippen molar-refractivity contribution in [2.75, 3.05) is 0 Å². The Kier molecular flexibility index (Phi) is 4.42. The van der Waals surface area contributed by atoms with Crippen LogP contribution in [0.5, 0.6) is 0 Å². The van der Waals surface area contributed by atoms with E-state index in [1.54, 1.807) is 6.07 Å². The van der Waals surface area contributed by atoms with E-state index >= 15 is 0 Å². The first-order chi connectivity index (χ1) is 8.99. The minimum absolute atomic E-state index is 0.178.